The third-order valence-corrected chi connectivity index (χ3v) is 8.04. The van der Waals surface area contributed by atoms with Gasteiger partial charge in [0, 0.05) is 10.6 Å². The van der Waals surface area contributed by atoms with E-state index in [1.807, 2.05) is 24.3 Å². The number of fused-ring (bicyclic) bond motifs is 1. The van der Waals surface area contributed by atoms with Gasteiger partial charge in [0.05, 0.1) is 28.4 Å². The summed E-state index contributed by atoms with van der Waals surface area (Å²) >= 11 is 7.46. The number of aromatic nitrogens is 1. The van der Waals surface area contributed by atoms with Crippen molar-refractivity contribution in [1.82, 2.24) is 4.98 Å². The highest BCUT2D eigenvalue weighted by atomic mass is 35.5. The summed E-state index contributed by atoms with van der Waals surface area (Å²) in [5, 5.41) is 12.4. The first-order valence-corrected chi connectivity index (χ1v) is 14.2. The van der Waals surface area contributed by atoms with Crippen molar-refractivity contribution < 1.29 is 19.4 Å². The minimum absolute atomic E-state index is 0.0142. The van der Waals surface area contributed by atoms with E-state index in [1.165, 1.54) is 16.2 Å². The number of hydrogen-bond donors (Lipinski definition) is 1. The van der Waals surface area contributed by atoms with Crippen molar-refractivity contribution in [3.05, 3.63) is 94.0 Å². The molecular weight excluding hydrogens is 532 g/mol. The maximum atomic E-state index is 13.5. The van der Waals surface area contributed by atoms with Gasteiger partial charge in [0.15, 0.2) is 5.13 Å². The Hall–Kier alpha value is -3.68. The quantitative estimate of drug-likeness (QED) is 0.103. The number of ether oxygens (including phenoxy) is 1. The van der Waals surface area contributed by atoms with Crippen molar-refractivity contribution in [2.45, 2.75) is 45.6 Å². The van der Waals surface area contributed by atoms with Crippen LogP contribution in [0, 0.1) is 0 Å². The van der Waals surface area contributed by atoms with E-state index in [9.17, 15) is 14.7 Å². The van der Waals surface area contributed by atoms with Crippen molar-refractivity contribution in [3.63, 3.8) is 0 Å². The molecular formula is C31H29ClN2O4S. The van der Waals surface area contributed by atoms with Crippen LogP contribution in [0.25, 0.3) is 16.0 Å². The first kappa shape index (κ1) is 26.9. The highest BCUT2D eigenvalue weighted by molar-refractivity contribution is 7.22. The lowest BCUT2D eigenvalue weighted by Crippen LogP contribution is -2.29. The summed E-state index contributed by atoms with van der Waals surface area (Å²) in [7, 11) is 0. The first-order chi connectivity index (χ1) is 18.8. The number of rotatable bonds is 8. The van der Waals surface area contributed by atoms with Crippen LogP contribution in [0.4, 0.5) is 5.13 Å². The van der Waals surface area contributed by atoms with Crippen molar-refractivity contribution >= 4 is 55.7 Å². The Labute approximate surface area is 236 Å². The summed E-state index contributed by atoms with van der Waals surface area (Å²) in [6.45, 7) is 6.83. The van der Waals surface area contributed by atoms with Crippen LogP contribution in [0.2, 0.25) is 5.02 Å². The number of unbranched alkanes of at least 4 members (excludes halogenated alkanes) is 1. The normalized spacial score (nSPS) is 16.9. The van der Waals surface area contributed by atoms with Crippen LogP contribution in [0.15, 0.2) is 72.3 Å². The van der Waals surface area contributed by atoms with Gasteiger partial charge < -0.3 is 9.84 Å². The third-order valence-electron chi connectivity index (χ3n) is 6.78. The molecule has 2 heterocycles. The zero-order chi connectivity index (χ0) is 27.7. The van der Waals surface area contributed by atoms with Crippen LogP contribution in [0.5, 0.6) is 5.75 Å². The second kappa shape index (κ2) is 11.2. The highest BCUT2D eigenvalue weighted by Gasteiger charge is 2.48. The summed E-state index contributed by atoms with van der Waals surface area (Å²) in [4.78, 5) is 33.1. The average molecular weight is 561 g/mol. The van der Waals surface area contributed by atoms with Crippen molar-refractivity contribution in [1.29, 1.82) is 0 Å². The lowest BCUT2D eigenvalue weighted by molar-refractivity contribution is -0.132. The lowest BCUT2D eigenvalue weighted by Gasteiger charge is -2.23. The number of carbonyl (C=O) groups excluding carboxylic acids is 2. The molecule has 5 rings (SSSR count). The molecule has 1 unspecified atom stereocenters. The molecule has 0 saturated carbocycles. The number of amides is 1. The molecule has 1 amide bonds. The van der Waals surface area contributed by atoms with Crippen molar-refractivity contribution in [3.8, 4) is 5.75 Å². The number of carbonyl (C=O) groups is 2. The second-order valence-electron chi connectivity index (χ2n) is 9.83. The predicted octanol–water partition coefficient (Wildman–Crippen LogP) is 7.88. The zero-order valence-corrected chi connectivity index (χ0v) is 23.6. The molecule has 1 aliphatic heterocycles. The van der Waals surface area contributed by atoms with Gasteiger partial charge in [-0.3, -0.25) is 14.5 Å². The molecule has 8 heteroatoms. The largest absolute Gasteiger partial charge is 0.507 e. The maximum Gasteiger partial charge on any atom is 0.301 e. The maximum absolute atomic E-state index is 13.5. The topological polar surface area (TPSA) is 79.7 Å². The minimum Gasteiger partial charge on any atom is -0.507 e. The predicted molar refractivity (Wildman–Crippen MR) is 157 cm³/mol. The Morgan fingerprint density at radius 3 is 2.59 bits per heavy atom. The Balaban J connectivity index is 1.65. The molecule has 4 aromatic rings. The van der Waals surface area contributed by atoms with Crippen LogP contribution in [0.1, 0.15) is 62.3 Å². The lowest BCUT2D eigenvalue weighted by atomic mass is 9.93. The standard InChI is InChI=1S/C31H29ClN2O4S/c1-4-5-15-38-23-8-6-7-21(16-23)28(35)26-27(20-11-9-19(10-12-20)18(2)3)34(30(37)29(26)36)31-33-24-14-13-22(32)17-25(24)39-31/h6-14,16-18,27,35H,4-5,15H2,1-3H3. The van der Waals surface area contributed by atoms with E-state index in [2.05, 4.69) is 25.8 Å². The Kier molecular flexibility index (Phi) is 7.73. The molecule has 0 radical (unpaired) electrons. The van der Waals surface area contributed by atoms with Gasteiger partial charge in [0.2, 0.25) is 0 Å². The molecule has 0 spiro atoms. The summed E-state index contributed by atoms with van der Waals surface area (Å²) in [6.07, 6.45) is 1.90. The molecule has 6 nitrogen and oxygen atoms in total. The van der Waals surface area contributed by atoms with Crippen LogP contribution < -0.4 is 9.64 Å². The van der Waals surface area contributed by atoms with E-state index in [4.69, 9.17) is 16.3 Å². The molecule has 1 aromatic heterocycles. The molecule has 0 bridgehead atoms. The minimum atomic E-state index is -0.855. The molecule has 1 N–H and O–H groups in total. The average Bonchev–Trinajstić information content (AvgIpc) is 3.46. The molecule has 1 aliphatic rings. The summed E-state index contributed by atoms with van der Waals surface area (Å²) in [6, 6.07) is 19.2. The van der Waals surface area contributed by atoms with E-state index in [0.717, 1.165) is 23.1 Å². The SMILES string of the molecule is CCCCOc1cccc(C(O)=C2C(=O)C(=O)N(c3nc4ccc(Cl)cc4s3)C2c2ccc(C(C)C)cc2)c1. The molecule has 1 saturated heterocycles. The molecule has 39 heavy (non-hydrogen) atoms. The fourth-order valence-corrected chi connectivity index (χ4v) is 5.89. The number of benzene rings is 3. The number of anilines is 1. The summed E-state index contributed by atoms with van der Waals surface area (Å²) < 4.78 is 6.61. The third kappa shape index (κ3) is 5.29. The van der Waals surface area contributed by atoms with Gasteiger partial charge in [-0.05, 0) is 53.8 Å². The first-order valence-electron chi connectivity index (χ1n) is 13.0. The number of thiazole rings is 1. The van der Waals surface area contributed by atoms with Gasteiger partial charge in [-0.2, -0.15) is 0 Å². The van der Waals surface area contributed by atoms with Crippen molar-refractivity contribution in [2.24, 2.45) is 0 Å². The highest BCUT2D eigenvalue weighted by Crippen LogP contribution is 2.45. The Bertz CT molecular complexity index is 1580. The molecule has 0 aliphatic carbocycles. The monoisotopic (exact) mass is 560 g/mol. The number of aliphatic hydroxyl groups excluding tert-OH is 1. The fourth-order valence-electron chi connectivity index (χ4n) is 4.62. The number of ketones is 1. The number of hydrogen-bond acceptors (Lipinski definition) is 6. The molecule has 3 aromatic carbocycles. The Morgan fingerprint density at radius 1 is 1.10 bits per heavy atom. The van der Waals surface area contributed by atoms with Gasteiger partial charge in [-0.1, -0.05) is 86.5 Å². The zero-order valence-electron chi connectivity index (χ0n) is 22.0. The molecule has 200 valence electrons. The number of halogens is 1. The van der Waals surface area contributed by atoms with E-state index < -0.39 is 17.7 Å². The van der Waals surface area contributed by atoms with Crippen LogP contribution in [-0.4, -0.2) is 28.4 Å². The second-order valence-corrected chi connectivity index (χ2v) is 11.3. The fraction of sp³-hybridized carbons (Fsp3) is 0.258. The van der Waals surface area contributed by atoms with E-state index >= 15 is 0 Å². The van der Waals surface area contributed by atoms with Gasteiger partial charge in [0.1, 0.15) is 11.5 Å². The number of Topliss-reactive ketones (excluding diaryl/α,β-unsaturated/α-hetero) is 1. The van der Waals surface area contributed by atoms with Gasteiger partial charge in [0.25, 0.3) is 5.78 Å². The Morgan fingerprint density at radius 2 is 1.87 bits per heavy atom. The summed E-state index contributed by atoms with van der Waals surface area (Å²) in [5.74, 6) is -0.855. The number of aliphatic hydroxyl groups is 1. The smallest absolute Gasteiger partial charge is 0.301 e. The van der Waals surface area contributed by atoms with Gasteiger partial charge in [-0.15, -0.1) is 0 Å². The molecule has 1 fully saturated rings. The van der Waals surface area contributed by atoms with Crippen LogP contribution in [0.3, 0.4) is 0 Å². The van der Waals surface area contributed by atoms with Crippen molar-refractivity contribution in [2.75, 3.05) is 11.5 Å². The van der Waals surface area contributed by atoms with Crippen LogP contribution in [-0.2, 0) is 9.59 Å². The van der Waals surface area contributed by atoms with Gasteiger partial charge >= 0.3 is 5.91 Å². The molecule has 1 atom stereocenters. The van der Waals surface area contributed by atoms with E-state index in [0.29, 0.717) is 45.1 Å². The van der Waals surface area contributed by atoms with E-state index in [1.54, 1.807) is 42.5 Å². The van der Waals surface area contributed by atoms with Crippen LogP contribution >= 0.6 is 22.9 Å². The number of nitrogens with zero attached hydrogens (tertiary/aromatic N) is 2. The van der Waals surface area contributed by atoms with E-state index in [-0.39, 0.29) is 11.3 Å². The summed E-state index contributed by atoms with van der Waals surface area (Å²) in [5.41, 5.74) is 2.92. The van der Waals surface area contributed by atoms with Gasteiger partial charge in [-0.25, -0.2) is 4.98 Å².